The number of carboxylic acids is 1. The molecule has 0 aliphatic carbocycles. The average molecular weight is 230 g/mol. The molecule has 0 unspecified atom stereocenters. The van der Waals surface area contributed by atoms with Gasteiger partial charge in [0, 0.05) is 25.9 Å². The maximum absolute atomic E-state index is 11.1. The molecule has 0 rings (SSSR count). The van der Waals surface area contributed by atoms with Crippen molar-refractivity contribution in [2.45, 2.75) is 39.5 Å². The minimum Gasteiger partial charge on any atom is -0.481 e. The molecule has 16 heavy (non-hydrogen) atoms. The Morgan fingerprint density at radius 2 is 1.88 bits per heavy atom. The Morgan fingerprint density at radius 1 is 1.25 bits per heavy atom. The number of hydrogen-bond donors (Lipinski definition) is 3. The van der Waals surface area contributed by atoms with Gasteiger partial charge in [-0.3, -0.25) is 9.59 Å². The van der Waals surface area contributed by atoms with E-state index in [9.17, 15) is 9.59 Å². The second-order valence-electron chi connectivity index (χ2n) is 4.70. The van der Waals surface area contributed by atoms with Crippen LogP contribution < -0.4 is 11.1 Å². The molecular weight excluding hydrogens is 208 g/mol. The van der Waals surface area contributed by atoms with E-state index in [2.05, 4.69) is 5.32 Å². The Balaban J connectivity index is 3.72. The highest BCUT2D eigenvalue weighted by atomic mass is 16.4. The van der Waals surface area contributed by atoms with Gasteiger partial charge in [-0.25, -0.2) is 0 Å². The third-order valence-electron chi connectivity index (χ3n) is 2.51. The highest BCUT2D eigenvalue weighted by Gasteiger charge is 2.18. The first-order valence-corrected chi connectivity index (χ1v) is 5.56. The van der Waals surface area contributed by atoms with Gasteiger partial charge in [-0.05, 0) is 18.3 Å². The lowest BCUT2D eigenvalue weighted by Crippen LogP contribution is -2.29. The molecule has 0 aromatic carbocycles. The molecule has 0 atom stereocenters. The Hall–Kier alpha value is -1.10. The predicted molar refractivity (Wildman–Crippen MR) is 61.9 cm³/mol. The number of nitrogens with two attached hydrogens (primary N) is 1. The number of carboxylic acid groups (broad SMARTS) is 1. The van der Waals surface area contributed by atoms with Crippen LogP contribution in [-0.4, -0.2) is 30.1 Å². The van der Waals surface area contributed by atoms with Gasteiger partial charge in [-0.1, -0.05) is 13.8 Å². The molecular formula is C11H22N2O3. The van der Waals surface area contributed by atoms with E-state index in [0.29, 0.717) is 25.9 Å². The van der Waals surface area contributed by atoms with E-state index in [4.69, 9.17) is 10.8 Å². The number of aliphatic carboxylic acids is 1. The second kappa shape index (κ2) is 7.22. The summed E-state index contributed by atoms with van der Waals surface area (Å²) in [7, 11) is 0. The molecule has 0 aromatic heterocycles. The van der Waals surface area contributed by atoms with Crippen LogP contribution in [0.2, 0.25) is 0 Å². The van der Waals surface area contributed by atoms with Crippen molar-refractivity contribution in [3.63, 3.8) is 0 Å². The maximum atomic E-state index is 11.1. The molecule has 0 aliphatic rings. The van der Waals surface area contributed by atoms with E-state index in [1.807, 2.05) is 13.8 Å². The first kappa shape index (κ1) is 14.9. The van der Waals surface area contributed by atoms with Crippen molar-refractivity contribution < 1.29 is 14.7 Å². The third kappa shape index (κ3) is 8.23. The molecule has 0 aromatic rings. The second-order valence-corrected chi connectivity index (χ2v) is 4.70. The SMILES string of the molecule is CC(C)(CCNC(=O)CCN)CCC(=O)O. The van der Waals surface area contributed by atoms with Gasteiger partial charge in [0.15, 0.2) is 0 Å². The van der Waals surface area contributed by atoms with Crippen molar-refractivity contribution in [3.8, 4) is 0 Å². The summed E-state index contributed by atoms with van der Waals surface area (Å²) in [6.07, 6.45) is 1.91. The van der Waals surface area contributed by atoms with Crippen LogP contribution in [0.3, 0.4) is 0 Å². The summed E-state index contributed by atoms with van der Waals surface area (Å²) in [5.41, 5.74) is 5.18. The van der Waals surface area contributed by atoms with Crippen molar-refractivity contribution in [3.05, 3.63) is 0 Å². The lowest BCUT2D eigenvalue weighted by atomic mass is 9.84. The molecule has 0 saturated carbocycles. The molecule has 0 heterocycles. The van der Waals surface area contributed by atoms with E-state index in [-0.39, 0.29) is 17.7 Å². The summed E-state index contributed by atoms with van der Waals surface area (Å²) >= 11 is 0. The van der Waals surface area contributed by atoms with Gasteiger partial charge in [0.2, 0.25) is 5.91 Å². The predicted octanol–water partition coefficient (Wildman–Crippen LogP) is 0.733. The molecule has 4 N–H and O–H groups in total. The van der Waals surface area contributed by atoms with Gasteiger partial charge in [-0.15, -0.1) is 0 Å². The highest BCUT2D eigenvalue weighted by molar-refractivity contribution is 5.75. The first-order chi connectivity index (χ1) is 7.37. The maximum Gasteiger partial charge on any atom is 0.303 e. The Kier molecular flexibility index (Phi) is 6.72. The largest absolute Gasteiger partial charge is 0.481 e. The number of rotatable bonds is 8. The van der Waals surface area contributed by atoms with Crippen LogP contribution in [0.25, 0.3) is 0 Å². The number of carbonyl (C=O) groups excluding carboxylic acids is 1. The summed E-state index contributed by atoms with van der Waals surface area (Å²) < 4.78 is 0. The van der Waals surface area contributed by atoms with Gasteiger partial charge >= 0.3 is 5.97 Å². The van der Waals surface area contributed by atoms with Crippen LogP contribution in [0.1, 0.15) is 39.5 Å². The normalized spacial score (nSPS) is 11.2. The number of carbonyl (C=O) groups is 2. The summed E-state index contributed by atoms with van der Waals surface area (Å²) in [5, 5.41) is 11.3. The lowest BCUT2D eigenvalue weighted by Gasteiger charge is -2.23. The molecule has 5 heteroatoms. The fourth-order valence-corrected chi connectivity index (χ4v) is 1.33. The summed E-state index contributed by atoms with van der Waals surface area (Å²) in [5.74, 6) is -0.822. The Bertz CT molecular complexity index is 239. The van der Waals surface area contributed by atoms with Crippen LogP contribution in [0.5, 0.6) is 0 Å². The quantitative estimate of drug-likeness (QED) is 0.573. The van der Waals surface area contributed by atoms with Crippen molar-refractivity contribution in [2.75, 3.05) is 13.1 Å². The van der Waals surface area contributed by atoms with Gasteiger partial charge in [-0.2, -0.15) is 0 Å². The molecule has 5 nitrogen and oxygen atoms in total. The average Bonchev–Trinajstić information content (AvgIpc) is 2.15. The molecule has 0 fully saturated rings. The summed E-state index contributed by atoms with van der Waals surface area (Å²) in [4.78, 5) is 21.5. The van der Waals surface area contributed by atoms with Gasteiger partial charge in [0.05, 0.1) is 0 Å². The number of amides is 1. The number of hydrogen-bond acceptors (Lipinski definition) is 3. The zero-order valence-corrected chi connectivity index (χ0v) is 10.1. The fraction of sp³-hybridized carbons (Fsp3) is 0.818. The molecule has 0 aliphatic heterocycles. The lowest BCUT2D eigenvalue weighted by molar-refractivity contribution is -0.137. The van der Waals surface area contributed by atoms with Gasteiger partial charge < -0.3 is 16.2 Å². The van der Waals surface area contributed by atoms with Crippen LogP contribution in [0, 0.1) is 5.41 Å². The molecule has 94 valence electrons. The fourth-order valence-electron chi connectivity index (χ4n) is 1.33. The zero-order valence-electron chi connectivity index (χ0n) is 10.1. The van der Waals surface area contributed by atoms with Crippen molar-refractivity contribution in [1.29, 1.82) is 0 Å². The molecule has 1 amide bonds. The van der Waals surface area contributed by atoms with E-state index in [0.717, 1.165) is 6.42 Å². The van der Waals surface area contributed by atoms with Crippen LogP contribution in [0.15, 0.2) is 0 Å². The molecule has 0 radical (unpaired) electrons. The topological polar surface area (TPSA) is 92.4 Å². The Labute approximate surface area is 96.4 Å². The molecule has 0 saturated heterocycles. The third-order valence-corrected chi connectivity index (χ3v) is 2.51. The Morgan fingerprint density at radius 3 is 2.38 bits per heavy atom. The molecule has 0 bridgehead atoms. The van der Waals surface area contributed by atoms with Gasteiger partial charge in [0.1, 0.15) is 0 Å². The van der Waals surface area contributed by atoms with E-state index in [1.54, 1.807) is 0 Å². The summed E-state index contributed by atoms with van der Waals surface area (Å²) in [6, 6.07) is 0. The standard InChI is InChI=1S/C11H22N2O3/c1-11(2,5-3-10(15)16)6-8-13-9(14)4-7-12/h3-8,12H2,1-2H3,(H,13,14)(H,15,16). The van der Waals surface area contributed by atoms with Crippen molar-refractivity contribution in [2.24, 2.45) is 11.1 Å². The van der Waals surface area contributed by atoms with Crippen LogP contribution in [-0.2, 0) is 9.59 Å². The van der Waals surface area contributed by atoms with Crippen LogP contribution in [0.4, 0.5) is 0 Å². The minimum atomic E-state index is -0.778. The van der Waals surface area contributed by atoms with Crippen molar-refractivity contribution >= 4 is 11.9 Å². The van der Waals surface area contributed by atoms with Gasteiger partial charge in [0.25, 0.3) is 0 Å². The molecule has 0 spiro atoms. The minimum absolute atomic E-state index is 0.0449. The van der Waals surface area contributed by atoms with E-state index >= 15 is 0 Å². The van der Waals surface area contributed by atoms with Crippen LogP contribution >= 0.6 is 0 Å². The highest BCUT2D eigenvalue weighted by Crippen LogP contribution is 2.25. The summed E-state index contributed by atoms with van der Waals surface area (Å²) in [6.45, 7) is 4.94. The van der Waals surface area contributed by atoms with E-state index in [1.165, 1.54) is 0 Å². The van der Waals surface area contributed by atoms with E-state index < -0.39 is 5.97 Å². The zero-order chi connectivity index (χ0) is 12.6. The smallest absolute Gasteiger partial charge is 0.303 e. The first-order valence-electron chi connectivity index (χ1n) is 5.56. The van der Waals surface area contributed by atoms with Crippen molar-refractivity contribution in [1.82, 2.24) is 5.32 Å². The monoisotopic (exact) mass is 230 g/mol. The number of nitrogens with one attached hydrogen (secondary N) is 1.